The molecule has 24 nitrogen and oxygen atoms in total. The number of benzene rings is 4. The molecule has 0 bridgehead atoms. The number of hydrogen-bond donors (Lipinski definition) is 1. The summed E-state index contributed by atoms with van der Waals surface area (Å²) in [5.41, 5.74) is -3.63. The van der Waals surface area contributed by atoms with Crippen molar-refractivity contribution >= 4 is 73.6 Å². The smallest absolute Gasteiger partial charge is 0.333 e. The maximum absolute atomic E-state index is 15.1. The lowest BCUT2D eigenvalue weighted by Crippen LogP contribution is -2.66. The van der Waals surface area contributed by atoms with E-state index in [1.54, 1.807) is 41.8 Å². The number of rotatable bonds is 22. The minimum atomic E-state index is -2.93. The van der Waals surface area contributed by atoms with Crippen LogP contribution in [0.4, 0.5) is 8.78 Å². The van der Waals surface area contributed by atoms with Crippen LogP contribution in [0.1, 0.15) is 81.9 Å². The predicted octanol–water partition coefficient (Wildman–Crippen LogP) is 6.76. The third-order valence-corrected chi connectivity index (χ3v) is 26.0. The Morgan fingerprint density at radius 3 is 1.33 bits per heavy atom. The highest BCUT2D eigenvalue weighted by molar-refractivity contribution is 7.21. The summed E-state index contributed by atoms with van der Waals surface area (Å²) in [6, 6.07) is 28.6. The Bertz CT molecular complexity index is 4760. The van der Waals surface area contributed by atoms with Gasteiger partial charge >= 0.3 is 11.4 Å². The average Bonchev–Trinajstić information content (AvgIpc) is 1.60. The fraction of sp³-hybridized carbons (Fsp3) is 0.382. The highest BCUT2D eigenvalue weighted by Crippen LogP contribution is 2.40. The molecule has 4 atom stereocenters. The van der Waals surface area contributed by atoms with Crippen LogP contribution in [0.25, 0.3) is 30.4 Å². The molecule has 0 radical (unpaired) electrons. The number of aryl methyl sites for hydroxylation is 2. The molecule has 2 aliphatic rings. The summed E-state index contributed by atoms with van der Waals surface area (Å²) < 4.78 is 65.3. The summed E-state index contributed by atoms with van der Waals surface area (Å²) in [6.45, 7) is 13.6. The van der Waals surface area contributed by atoms with Gasteiger partial charge in [-0.15, -0.1) is 9.59 Å². The standard InChI is InChI=1S/C42H47FN6O6SSi.C26H29FN6O6S/c1-28-35-36(50)48(42(5)20-23-46(6)39(42)51)40(52)47(38(35)56-37(28)49-44-21-22-45-49)27-34(32-26-29(43)18-19-33(32)53-7)54-24-25-55-57(41(2,3)4,30-14-10-8-11-15-30)31-16-12-9-13-17-31;1-15-20-21(35)32(26(2)7-10-30(3)24(26)36)25(37)31(23(20)40-22(15)33-28-8-9-29-33)14-19(39-12-11-34)17-13-16(27)5-6-18(17)38-4/h8-19,21-22,26,34H,20,23-25,27H2,1-7H3;5-6,8-9,13,19,34H,7,10-12,14H2,1-4H3/t34-,42+;19-,26+/m00/s1. The Morgan fingerprint density at radius 2 is 0.979 bits per heavy atom. The molecule has 97 heavy (non-hydrogen) atoms. The van der Waals surface area contributed by atoms with E-state index in [-0.39, 0.29) is 80.0 Å². The molecule has 510 valence electrons. The van der Waals surface area contributed by atoms with Crippen molar-refractivity contribution in [3.05, 3.63) is 197 Å². The van der Waals surface area contributed by atoms with Gasteiger partial charge in [0.2, 0.25) is 11.8 Å². The van der Waals surface area contributed by atoms with Gasteiger partial charge in [0.05, 0.1) is 89.3 Å². The second-order valence-electron chi connectivity index (χ2n) is 25.4. The van der Waals surface area contributed by atoms with Crippen LogP contribution in [0.15, 0.2) is 141 Å². The molecule has 0 spiro atoms. The zero-order valence-corrected chi connectivity index (χ0v) is 58.3. The maximum Gasteiger partial charge on any atom is 0.333 e. The first-order chi connectivity index (χ1) is 46.3. The molecule has 0 saturated carbocycles. The van der Waals surface area contributed by atoms with E-state index in [9.17, 15) is 38.3 Å². The number of aliphatic hydroxyl groups is 1. The van der Waals surface area contributed by atoms with Crippen molar-refractivity contribution in [2.45, 2.75) is 103 Å². The van der Waals surface area contributed by atoms with Gasteiger partial charge in [-0.05, 0) is 92.3 Å². The summed E-state index contributed by atoms with van der Waals surface area (Å²) in [7, 11) is 3.26. The molecule has 8 heterocycles. The van der Waals surface area contributed by atoms with Gasteiger partial charge in [-0.25, -0.2) is 27.5 Å². The third-order valence-electron chi connectivity index (χ3n) is 18.4. The first-order valence-electron chi connectivity index (χ1n) is 31.4. The number of aliphatic hydroxyl groups excluding tert-OH is 1. The largest absolute Gasteiger partial charge is 0.496 e. The van der Waals surface area contributed by atoms with E-state index >= 15 is 4.39 Å². The zero-order chi connectivity index (χ0) is 69.5. The van der Waals surface area contributed by atoms with E-state index in [0.29, 0.717) is 66.5 Å². The highest BCUT2D eigenvalue weighted by atomic mass is 32.1. The van der Waals surface area contributed by atoms with Gasteiger partial charge in [0.15, 0.2) is 0 Å². The molecule has 29 heteroatoms. The number of hydrogen-bond acceptors (Lipinski definition) is 18. The highest BCUT2D eigenvalue weighted by Gasteiger charge is 2.51. The van der Waals surface area contributed by atoms with Gasteiger partial charge in [-0.1, -0.05) is 104 Å². The van der Waals surface area contributed by atoms with Crippen LogP contribution in [0.2, 0.25) is 5.04 Å². The average molecular weight is 1380 g/mol. The number of aromatic nitrogens is 10. The number of likely N-dealkylation sites (N-methyl/N-ethyl adjacent to an activating group) is 2. The van der Waals surface area contributed by atoms with Crippen LogP contribution in [0.5, 0.6) is 11.5 Å². The number of amides is 2. The number of likely N-dealkylation sites (tertiary alicyclic amines) is 2. The fourth-order valence-electron chi connectivity index (χ4n) is 13.4. The minimum absolute atomic E-state index is 0.0687. The Morgan fingerprint density at radius 1 is 0.588 bits per heavy atom. The molecule has 2 amide bonds. The second kappa shape index (κ2) is 27.8. The van der Waals surface area contributed by atoms with Crippen molar-refractivity contribution in [2.24, 2.45) is 0 Å². The number of methoxy groups -OCH3 is 2. The van der Waals surface area contributed by atoms with Crippen LogP contribution in [-0.4, -0.2) is 151 Å². The van der Waals surface area contributed by atoms with E-state index in [0.717, 1.165) is 30.8 Å². The van der Waals surface area contributed by atoms with Gasteiger partial charge in [-0.2, -0.15) is 20.4 Å². The van der Waals surface area contributed by atoms with E-state index in [4.69, 9.17) is 23.4 Å². The van der Waals surface area contributed by atoms with Crippen LogP contribution in [-0.2, 0) is 47.7 Å². The topological polar surface area (TPSA) is 256 Å². The van der Waals surface area contributed by atoms with Gasteiger partial charge in [0, 0.05) is 49.4 Å². The van der Waals surface area contributed by atoms with Crippen molar-refractivity contribution in [3.8, 4) is 21.5 Å². The number of thiophene rings is 2. The molecular weight excluding hydrogens is 1310 g/mol. The van der Waals surface area contributed by atoms with Crippen molar-refractivity contribution in [3.63, 3.8) is 0 Å². The third kappa shape index (κ3) is 12.5. The van der Waals surface area contributed by atoms with Crippen LogP contribution >= 0.6 is 22.7 Å². The molecule has 0 unspecified atom stereocenters. The molecule has 4 aromatic carbocycles. The predicted molar refractivity (Wildman–Crippen MR) is 366 cm³/mol. The summed E-state index contributed by atoms with van der Waals surface area (Å²) in [5, 5.41) is 30.0. The van der Waals surface area contributed by atoms with Gasteiger partial charge in [-0.3, -0.25) is 28.3 Å². The molecule has 2 fully saturated rings. The number of fused-ring (bicyclic) bond motifs is 2. The van der Waals surface area contributed by atoms with Crippen molar-refractivity contribution in [2.75, 3.05) is 67.8 Å². The number of nitrogens with zero attached hydrogens (tertiary/aromatic N) is 12. The quantitative estimate of drug-likeness (QED) is 0.0543. The van der Waals surface area contributed by atoms with Gasteiger partial charge < -0.3 is 38.3 Å². The Kier molecular flexibility index (Phi) is 19.8. The monoisotopic (exact) mass is 1380 g/mol. The van der Waals surface area contributed by atoms with Crippen molar-refractivity contribution in [1.29, 1.82) is 0 Å². The number of carbonyl (C=O) groups excluding carboxylic acids is 2. The molecule has 0 aliphatic carbocycles. The van der Waals surface area contributed by atoms with Crippen LogP contribution in [0, 0.1) is 25.5 Å². The summed E-state index contributed by atoms with van der Waals surface area (Å²) in [4.78, 5) is 91.0. The number of ether oxygens (including phenoxy) is 4. The number of halogens is 2. The first-order valence-corrected chi connectivity index (χ1v) is 35.0. The SMILES string of the molecule is COc1ccc(F)cc1[C@H](Cn1c(=O)n([C@]2(C)CCN(C)C2=O)c(=O)c2c(C)c(-n3nccn3)sc21)OCCO.COc1ccc(F)cc1[C@H](Cn1c(=O)n([C@]2(C)CCN(C)C2=O)c(=O)c2c(C)c(-n3nccn3)sc21)OCCO[Si](c1ccccc1)(c1ccccc1)C(C)(C)C. The van der Waals surface area contributed by atoms with E-state index in [1.165, 1.54) is 115 Å². The van der Waals surface area contributed by atoms with Gasteiger partial charge in [0.25, 0.3) is 19.4 Å². The zero-order valence-electron chi connectivity index (χ0n) is 55.6. The lowest BCUT2D eigenvalue weighted by Gasteiger charge is -2.43. The number of carbonyl (C=O) groups is 2. The van der Waals surface area contributed by atoms with Crippen molar-refractivity contribution < 1.29 is 46.8 Å². The van der Waals surface area contributed by atoms with Crippen LogP contribution < -0.4 is 42.3 Å². The maximum atomic E-state index is 15.1. The first kappa shape index (κ1) is 69.3. The Balaban J connectivity index is 0.000000209. The van der Waals surface area contributed by atoms with Gasteiger partial charge in [0.1, 0.15) is 66.1 Å². The lowest BCUT2D eigenvalue weighted by atomic mass is 10.00. The van der Waals surface area contributed by atoms with Crippen molar-refractivity contribution in [1.82, 2.24) is 58.1 Å². The molecule has 10 aromatic rings. The minimum Gasteiger partial charge on any atom is -0.496 e. The molecule has 2 aliphatic heterocycles. The Hall–Kier alpha value is -9.10. The summed E-state index contributed by atoms with van der Waals surface area (Å²) in [6.07, 6.45) is 4.66. The summed E-state index contributed by atoms with van der Waals surface area (Å²) in [5.74, 6) is -1.06. The van der Waals surface area contributed by atoms with Crippen LogP contribution in [0.3, 0.4) is 0 Å². The molecule has 6 aromatic heterocycles. The summed E-state index contributed by atoms with van der Waals surface area (Å²) >= 11 is 2.32. The van der Waals surface area contributed by atoms with E-state index in [2.05, 4.69) is 65.4 Å². The molecule has 2 saturated heterocycles. The van der Waals surface area contributed by atoms with E-state index in [1.807, 2.05) is 36.4 Å². The second-order valence-corrected chi connectivity index (χ2v) is 31.6. The Labute approximate surface area is 565 Å². The molecule has 1 N–H and O–H groups in total. The van der Waals surface area contributed by atoms with E-state index < -0.39 is 65.7 Å². The fourth-order valence-corrected chi connectivity index (χ4v) is 20.4. The molecule has 12 rings (SSSR count). The normalized spacial score (nSPS) is 17.3. The molecular formula is C68H76F2N12O12S2Si. The lowest BCUT2D eigenvalue weighted by molar-refractivity contribution is -0.134.